The number of hydrogen-bond donors (Lipinski definition) is 1. The zero-order valence-electron chi connectivity index (χ0n) is 14.6. The van der Waals surface area contributed by atoms with E-state index in [0.29, 0.717) is 22.4 Å². The summed E-state index contributed by atoms with van der Waals surface area (Å²) in [5, 5.41) is 6.52. The minimum absolute atomic E-state index is 0.200. The Morgan fingerprint density at radius 2 is 1.92 bits per heavy atom. The molecule has 6 nitrogen and oxygen atoms in total. The summed E-state index contributed by atoms with van der Waals surface area (Å²) in [4.78, 5) is 12.5. The molecule has 2 saturated carbocycles. The van der Waals surface area contributed by atoms with Crippen LogP contribution in [0, 0.1) is 11.8 Å². The summed E-state index contributed by atoms with van der Waals surface area (Å²) in [5.41, 5.74) is 0.768. The first kappa shape index (κ1) is 17.3. The average molecular weight is 374 g/mol. The zero-order chi connectivity index (χ0) is 18.3. The lowest BCUT2D eigenvalue weighted by molar-refractivity contribution is 0.101. The summed E-state index contributed by atoms with van der Waals surface area (Å²) in [7, 11) is -3.28. The third-order valence-corrected chi connectivity index (χ3v) is 7.04. The van der Waals surface area contributed by atoms with Crippen LogP contribution >= 0.6 is 0 Å². The van der Waals surface area contributed by atoms with Crippen LogP contribution in [0.5, 0.6) is 0 Å². The molecule has 1 N–H and O–H groups in total. The molecule has 4 rings (SSSR count). The second-order valence-corrected chi connectivity index (χ2v) is 9.63. The van der Waals surface area contributed by atoms with Crippen molar-refractivity contribution in [2.45, 2.75) is 43.4 Å². The number of hydrogen-bond acceptors (Lipinski definition) is 5. The van der Waals surface area contributed by atoms with E-state index in [1.54, 1.807) is 30.3 Å². The molecule has 7 heteroatoms. The topological polar surface area (TPSA) is 89.3 Å². The summed E-state index contributed by atoms with van der Waals surface area (Å²) in [5.74, 6) is 1.88. The zero-order valence-corrected chi connectivity index (χ0v) is 15.5. The molecule has 1 aromatic carbocycles. The Morgan fingerprint density at radius 3 is 2.54 bits per heavy atom. The van der Waals surface area contributed by atoms with Crippen molar-refractivity contribution in [3.63, 3.8) is 0 Å². The SMILES string of the molecule is CC1CC(CS(=O)(=O)c2ccc(NC(=O)c3cc(C4CC4)on3)cc2)C1. The summed E-state index contributed by atoms with van der Waals surface area (Å²) >= 11 is 0. The highest BCUT2D eigenvalue weighted by molar-refractivity contribution is 7.91. The maximum absolute atomic E-state index is 12.5. The fraction of sp³-hybridized carbons (Fsp3) is 0.474. The van der Waals surface area contributed by atoms with Crippen LogP contribution < -0.4 is 5.32 Å². The lowest BCUT2D eigenvalue weighted by Gasteiger charge is -2.32. The van der Waals surface area contributed by atoms with Crippen molar-refractivity contribution in [1.82, 2.24) is 5.16 Å². The Morgan fingerprint density at radius 1 is 1.23 bits per heavy atom. The molecule has 0 unspecified atom stereocenters. The van der Waals surface area contributed by atoms with Crippen LogP contribution in [0.2, 0.25) is 0 Å². The molecule has 0 atom stereocenters. The maximum Gasteiger partial charge on any atom is 0.277 e. The van der Waals surface area contributed by atoms with E-state index in [1.165, 1.54) is 0 Å². The van der Waals surface area contributed by atoms with Crippen molar-refractivity contribution in [1.29, 1.82) is 0 Å². The van der Waals surface area contributed by atoms with Crippen LogP contribution in [0.1, 0.15) is 54.8 Å². The summed E-state index contributed by atoms with van der Waals surface area (Å²) in [6.45, 7) is 2.14. The lowest BCUT2D eigenvalue weighted by Crippen LogP contribution is -2.28. The number of aromatic nitrogens is 1. The minimum atomic E-state index is -3.28. The molecule has 0 spiro atoms. The van der Waals surface area contributed by atoms with Gasteiger partial charge in [0.05, 0.1) is 10.6 Å². The molecule has 1 amide bonds. The predicted octanol–water partition coefficient (Wildman–Crippen LogP) is 3.62. The molecule has 138 valence electrons. The first-order valence-electron chi connectivity index (χ1n) is 9.01. The smallest absolute Gasteiger partial charge is 0.277 e. The molecular weight excluding hydrogens is 352 g/mol. The van der Waals surface area contributed by atoms with Gasteiger partial charge in [-0.25, -0.2) is 8.42 Å². The monoisotopic (exact) mass is 374 g/mol. The number of carbonyl (C=O) groups excluding carboxylic acids is 1. The number of sulfone groups is 1. The van der Waals surface area contributed by atoms with Crippen LogP contribution in [0.25, 0.3) is 0 Å². The molecule has 0 bridgehead atoms. The lowest BCUT2D eigenvalue weighted by atomic mass is 9.77. The van der Waals surface area contributed by atoms with E-state index in [9.17, 15) is 13.2 Å². The molecule has 2 aliphatic carbocycles. The van der Waals surface area contributed by atoms with Gasteiger partial charge in [-0.15, -0.1) is 0 Å². The van der Waals surface area contributed by atoms with Gasteiger partial charge in [0.1, 0.15) is 5.76 Å². The maximum atomic E-state index is 12.5. The number of anilines is 1. The van der Waals surface area contributed by atoms with Gasteiger partial charge in [-0.3, -0.25) is 4.79 Å². The Bertz CT molecular complexity index is 907. The third kappa shape index (κ3) is 3.67. The van der Waals surface area contributed by atoms with Crippen molar-refractivity contribution in [2.24, 2.45) is 11.8 Å². The first-order chi connectivity index (χ1) is 12.4. The van der Waals surface area contributed by atoms with E-state index in [0.717, 1.165) is 31.4 Å². The molecule has 0 saturated heterocycles. The van der Waals surface area contributed by atoms with Crippen molar-refractivity contribution in [3.05, 3.63) is 41.8 Å². The normalized spacial score (nSPS) is 22.7. The Kier molecular flexibility index (Phi) is 4.34. The van der Waals surface area contributed by atoms with E-state index in [4.69, 9.17) is 4.52 Å². The van der Waals surface area contributed by atoms with E-state index in [2.05, 4.69) is 17.4 Å². The highest BCUT2D eigenvalue weighted by atomic mass is 32.2. The summed E-state index contributed by atoms with van der Waals surface area (Å²) in [6, 6.07) is 7.98. The molecule has 0 aliphatic heterocycles. The Hall–Kier alpha value is -2.15. The molecule has 2 aromatic rings. The van der Waals surface area contributed by atoms with Gasteiger partial charge >= 0.3 is 0 Å². The van der Waals surface area contributed by atoms with Crippen LogP contribution in [-0.2, 0) is 9.84 Å². The standard InChI is InChI=1S/C19H22N2O4S/c1-12-8-13(9-12)11-26(23,24)16-6-4-15(5-7-16)20-19(22)17-10-18(25-21-17)14-2-3-14/h4-7,10,12-14H,2-3,8-9,11H2,1H3,(H,20,22). The average Bonchev–Trinajstić information content (AvgIpc) is 3.30. The predicted molar refractivity (Wildman–Crippen MR) is 96.8 cm³/mol. The number of rotatable bonds is 6. The van der Waals surface area contributed by atoms with Gasteiger partial charge in [-0.2, -0.15) is 0 Å². The molecular formula is C19H22N2O4S. The molecule has 2 aliphatic rings. The number of carbonyl (C=O) groups is 1. The molecule has 2 fully saturated rings. The second-order valence-electron chi connectivity index (χ2n) is 7.59. The summed E-state index contributed by atoms with van der Waals surface area (Å²) < 4.78 is 30.1. The molecule has 0 radical (unpaired) electrons. The minimum Gasteiger partial charge on any atom is -0.360 e. The van der Waals surface area contributed by atoms with Crippen molar-refractivity contribution in [2.75, 3.05) is 11.1 Å². The van der Waals surface area contributed by atoms with Crippen LogP contribution in [-0.4, -0.2) is 25.2 Å². The van der Waals surface area contributed by atoms with Crippen molar-refractivity contribution >= 4 is 21.4 Å². The van der Waals surface area contributed by atoms with Crippen LogP contribution in [0.4, 0.5) is 5.69 Å². The van der Waals surface area contributed by atoms with Gasteiger partial charge in [0.2, 0.25) is 0 Å². The van der Waals surface area contributed by atoms with E-state index in [-0.39, 0.29) is 23.3 Å². The van der Waals surface area contributed by atoms with E-state index >= 15 is 0 Å². The van der Waals surface area contributed by atoms with Gasteiger partial charge in [0.25, 0.3) is 5.91 Å². The van der Waals surface area contributed by atoms with Crippen molar-refractivity contribution in [3.8, 4) is 0 Å². The number of amides is 1. The second kappa shape index (κ2) is 6.54. The number of nitrogens with zero attached hydrogens (tertiary/aromatic N) is 1. The highest BCUT2D eigenvalue weighted by Crippen LogP contribution is 2.40. The molecule has 26 heavy (non-hydrogen) atoms. The van der Waals surface area contributed by atoms with Gasteiger partial charge in [-0.05, 0) is 61.8 Å². The quantitative estimate of drug-likeness (QED) is 0.834. The Labute approximate surface area is 152 Å². The van der Waals surface area contributed by atoms with Gasteiger partial charge in [-0.1, -0.05) is 12.1 Å². The molecule has 1 heterocycles. The first-order valence-corrected chi connectivity index (χ1v) is 10.7. The largest absolute Gasteiger partial charge is 0.360 e. The van der Waals surface area contributed by atoms with Crippen LogP contribution in [0.15, 0.2) is 39.8 Å². The van der Waals surface area contributed by atoms with Gasteiger partial charge < -0.3 is 9.84 Å². The van der Waals surface area contributed by atoms with Gasteiger partial charge in [0, 0.05) is 17.7 Å². The highest BCUT2D eigenvalue weighted by Gasteiger charge is 2.31. The van der Waals surface area contributed by atoms with Crippen molar-refractivity contribution < 1.29 is 17.7 Å². The number of nitrogens with one attached hydrogen (secondary N) is 1. The fourth-order valence-corrected chi connectivity index (χ4v) is 5.14. The Balaban J connectivity index is 1.39. The van der Waals surface area contributed by atoms with Crippen LogP contribution in [0.3, 0.4) is 0 Å². The third-order valence-electron chi connectivity index (χ3n) is 5.14. The fourth-order valence-electron chi connectivity index (χ4n) is 3.51. The number of benzene rings is 1. The molecule has 1 aromatic heterocycles. The van der Waals surface area contributed by atoms with E-state index in [1.807, 2.05) is 0 Å². The summed E-state index contributed by atoms with van der Waals surface area (Å²) in [6.07, 6.45) is 4.11. The van der Waals surface area contributed by atoms with Gasteiger partial charge in [0.15, 0.2) is 15.5 Å². The van der Waals surface area contributed by atoms with E-state index < -0.39 is 9.84 Å².